The van der Waals surface area contributed by atoms with E-state index in [1.165, 1.54) is 0 Å². The number of hydrogen-bond donors (Lipinski definition) is 0. The molecule has 1 aromatic heterocycles. The molecule has 0 fully saturated rings. The molecule has 0 aliphatic carbocycles. The van der Waals surface area contributed by atoms with E-state index in [4.69, 9.17) is 18.6 Å². The zero-order valence-electron chi connectivity index (χ0n) is 22.9. The second-order valence-corrected chi connectivity index (χ2v) is 10.1. The number of fused-ring (bicyclic) bond motifs is 2. The van der Waals surface area contributed by atoms with Crippen LogP contribution in [0, 0.1) is 12.8 Å². The summed E-state index contributed by atoms with van der Waals surface area (Å²) in [6.45, 7) is 9.12. The van der Waals surface area contributed by atoms with Crippen LogP contribution in [0.3, 0.4) is 0 Å². The van der Waals surface area contributed by atoms with Gasteiger partial charge in [0.1, 0.15) is 11.3 Å². The molecule has 4 aromatic rings. The van der Waals surface area contributed by atoms with E-state index in [1.54, 1.807) is 30.2 Å². The highest BCUT2D eigenvalue weighted by Crippen LogP contribution is 2.44. The van der Waals surface area contributed by atoms with E-state index in [2.05, 4.69) is 13.8 Å². The number of aryl methyl sites for hydroxylation is 1. The number of benzene rings is 3. The second kappa shape index (κ2) is 10.8. The molecule has 0 bridgehead atoms. The summed E-state index contributed by atoms with van der Waals surface area (Å²) < 4.78 is 23.5. The highest BCUT2D eigenvalue weighted by Gasteiger charge is 2.44. The maximum absolute atomic E-state index is 14.0. The quantitative estimate of drug-likeness (QED) is 0.242. The first kappa shape index (κ1) is 26.4. The number of anilines is 1. The number of ether oxygens (including phenoxy) is 3. The summed E-state index contributed by atoms with van der Waals surface area (Å²) in [4.78, 5) is 29.5. The smallest absolute Gasteiger partial charge is 0.295 e. The predicted octanol–water partition coefficient (Wildman–Crippen LogP) is 6.68. The summed E-state index contributed by atoms with van der Waals surface area (Å²) in [6.07, 6.45) is 0.912. The Morgan fingerprint density at radius 2 is 1.79 bits per heavy atom. The summed E-state index contributed by atoms with van der Waals surface area (Å²) in [5.41, 5.74) is 2.69. The third-order valence-corrected chi connectivity index (χ3v) is 6.89. The van der Waals surface area contributed by atoms with Crippen LogP contribution in [-0.4, -0.2) is 26.2 Å². The molecule has 0 radical (unpaired) electrons. The molecule has 1 aliphatic rings. The van der Waals surface area contributed by atoms with Crippen LogP contribution in [0.5, 0.6) is 17.2 Å². The summed E-state index contributed by atoms with van der Waals surface area (Å²) in [5, 5.41) is 0.442. The number of amides is 1. The number of nitrogens with zero attached hydrogens (tertiary/aromatic N) is 1. The van der Waals surface area contributed by atoms with Gasteiger partial charge in [0.25, 0.3) is 5.91 Å². The monoisotopic (exact) mass is 527 g/mol. The largest absolute Gasteiger partial charge is 0.497 e. The van der Waals surface area contributed by atoms with E-state index in [1.807, 2.05) is 56.3 Å². The minimum Gasteiger partial charge on any atom is -0.497 e. The van der Waals surface area contributed by atoms with E-state index in [0.29, 0.717) is 64.2 Å². The number of rotatable bonds is 9. The molecule has 0 N–H and O–H groups in total. The second-order valence-electron chi connectivity index (χ2n) is 10.1. The lowest BCUT2D eigenvalue weighted by Gasteiger charge is -2.26. The molecule has 0 saturated heterocycles. The van der Waals surface area contributed by atoms with Crippen LogP contribution in [0.2, 0.25) is 0 Å². The molecule has 7 heteroatoms. The molecule has 1 amide bonds. The van der Waals surface area contributed by atoms with E-state index in [0.717, 1.165) is 12.0 Å². The Balaban J connectivity index is 1.70. The Morgan fingerprint density at radius 3 is 2.54 bits per heavy atom. The van der Waals surface area contributed by atoms with Crippen LogP contribution in [-0.2, 0) is 0 Å². The van der Waals surface area contributed by atoms with Crippen LogP contribution in [0.15, 0.2) is 69.9 Å². The Kier molecular flexibility index (Phi) is 7.33. The lowest BCUT2D eigenvalue weighted by Crippen LogP contribution is -2.29. The first-order valence-corrected chi connectivity index (χ1v) is 13.3. The van der Waals surface area contributed by atoms with Gasteiger partial charge in [-0.25, -0.2) is 0 Å². The Labute approximate surface area is 227 Å². The molecule has 39 heavy (non-hydrogen) atoms. The van der Waals surface area contributed by atoms with Crippen LogP contribution in [0.1, 0.15) is 60.5 Å². The van der Waals surface area contributed by atoms with Gasteiger partial charge in [-0.2, -0.15) is 0 Å². The predicted molar refractivity (Wildman–Crippen MR) is 151 cm³/mol. The summed E-state index contributed by atoms with van der Waals surface area (Å²) in [5.74, 6) is 1.94. The normalized spacial score (nSPS) is 14.7. The standard InChI is InChI=1S/C32H33NO6/c1-6-37-27-17-21(11-13-26(27)38-15-14-19(2)3)29-28-30(34)24-16-20(4)10-12-25(24)39-31(28)32(35)33(29)22-8-7-9-23(18-22)36-5/h7-13,16-19,29H,6,14-15H2,1-5H3. The van der Waals surface area contributed by atoms with Crippen LogP contribution >= 0.6 is 0 Å². The third-order valence-electron chi connectivity index (χ3n) is 6.89. The van der Waals surface area contributed by atoms with Crippen molar-refractivity contribution in [1.82, 2.24) is 0 Å². The summed E-state index contributed by atoms with van der Waals surface area (Å²) in [7, 11) is 1.57. The van der Waals surface area contributed by atoms with E-state index < -0.39 is 11.9 Å². The minimum atomic E-state index is -0.732. The van der Waals surface area contributed by atoms with E-state index in [-0.39, 0.29) is 11.2 Å². The molecule has 1 unspecified atom stereocenters. The van der Waals surface area contributed by atoms with Crippen LogP contribution in [0.4, 0.5) is 5.69 Å². The van der Waals surface area contributed by atoms with Crippen molar-refractivity contribution < 1.29 is 23.4 Å². The van der Waals surface area contributed by atoms with Gasteiger partial charge in [0.15, 0.2) is 16.9 Å². The molecule has 0 spiro atoms. The van der Waals surface area contributed by atoms with Gasteiger partial charge in [-0.3, -0.25) is 14.5 Å². The fourth-order valence-corrected chi connectivity index (χ4v) is 4.92. The lowest BCUT2D eigenvalue weighted by molar-refractivity contribution is 0.0971. The van der Waals surface area contributed by atoms with E-state index >= 15 is 0 Å². The van der Waals surface area contributed by atoms with Crippen molar-refractivity contribution in [2.24, 2.45) is 5.92 Å². The average Bonchev–Trinajstić information content (AvgIpc) is 3.22. The van der Waals surface area contributed by atoms with Gasteiger partial charge in [-0.1, -0.05) is 37.6 Å². The highest BCUT2D eigenvalue weighted by molar-refractivity contribution is 6.10. The average molecular weight is 528 g/mol. The van der Waals surface area contributed by atoms with Crippen LogP contribution in [0.25, 0.3) is 11.0 Å². The van der Waals surface area contributed by atoms with Gasteiger partial charge in [-0.05, 0) is 68.1 Å². The Bertz CT molecular complexity index is 1590. The van der Waals surface area contributed by atoms with Gasteiger partial charge in [-0.15, -0.1) is 0 Å². The fraction of sp³-hybridized carbons (Fsp3) is 0.312. The highest BCUT2D eigenvalue weighted by atomic mass is 16.5. The minimum absolute atomic E-state index is 0.0411. The number of carbonyl (C=O) groups excluding carboxylic acids is 1. The first-order valence-electron chi connectivity index (χ1n) is 13.3. The first-order chi connectivity index (χ1) is 18.8. The van der Waals surface area contributed by atoms with Gasteiger partial charge in [0.05, 0.1) is 37.3 Å². The topological polar surface area (TPSA) is 78.2 Å². The maximum atomic E-state index is 14.0. The van der Waals surface area contributed by atoms with Crippen molar-refractivity contribution in [2.75, 3.05) is 25.2 Å². The van der Waals surface area contributed by atoms with Crippen molar-refractivity contribution in [2.45, 2.75) is 40.2 Å². The molecule has 5 rings (SSSR count). The number of hydrogen-bond acceptors (Lipinski definition) is 6. The SMILES string of the molecule is CCOc1cc(C2c3c(oc4ccc(C)cc4c3=O)C(=O)N2c2cccc(OC)c2)ccc1OCCC(C)C. The molecule has 202 valence electrons. The molecule has 1 aliphatic heterocycles. The fourth-order valence-electron chi connectivity index (χ4n) is 4.92. The molecule has 3 aromatic carbocycles. The molecular weight excluding hydrogens is 494 g/mol. The number of methoxy groups -OCH3 is 1. The Morgan fingerprint density at radius 1 is 0.974 bits per heavy atom. The zero-order chi connectivity index (χ0) is 27.7. The number of carbonyl (C=O) groups is 1. The van der Waals surface area contributed by atoms with E-state index in [9.17, 15) is 9.59 Å². The molecule has 2 heterocycles. The van der Waals surface area contributed by atoms with Gasteiger partial charge < -0.3 is 18.6 Å². The molecule has 0 saturated carbocycles. The maximum Gasteiger partial charge on any atom is 0.295 e. The lowest BCUT2D eigenvalue weighted by atomic mass is 9.97. The van der Waals surface area contributed by atoms with Crippen molar-refractivity contribution in [3.05, 3.63) is 93.3 Å². The van der Waals surface area contributed by atoms with Crippen molar-refractivity contribution in [1.29, 1.82) is 0 Å². The molecule has 1 atom stereocenters. The third kappa shape index (κ3) is 4.97. The summed E-state index contributed by atoms with van der Waals surface area (Å²) in [6, 6.07) is 17.5. The van der Waals surface area contributed by atoms with Gasteiger partial charge in [0, 0.05) is 11.8 Å². The zero-order valence-corrected chi connectivity index (χ0v) is 22.9. The van der Waals surface area contributed by atoms with Gasteiger partial charge in [0.2, 0.25) is 5.76 Å². The van der Waals surface area contributed by atoms with Crippen LogP contribution < -0.4 is 24.5 Å². The van der Waals surface area contributed by atoms with Crippen molar-refractivity contribution in [3.8, 4) is 17.2 Å². The molecular formula is C32H33NO6. The molecule has 7 nitrogen and oxygen atoms in total. The van der Waals surface area contributed by atoms with Crippen molar-refractivity contribution >= 4 is 22.6 Å². The summed E-state index contributed by atoms with van der Waals surface area (Å²) >= 11 is 0. The van der Waals surface area contributed by atoms with Gasteiger partial charge >= 0.3 is 0 Å². The Hall–Kier alpha value is -4.26. The van der Waals surface area contributed by atoms with Crippen molar-refractivity contribution in [3.63, 3.8) is 0 Å².